The van der Waals surface area contributed by atoms with Gasteiger partial charge in [0.15, 0.2) is 5.78 Å². The summed E-state index contributed by atoms with van der Waals surface area (Å²) in [5.74, 6) is -2.46. The van der Waals surface area contributed by atoms with Gasteiger partial charge in [0.2, 0.25) is 6.10 Å². The number of hydrogen-bond acceptors (Lipinski definition) is 6. The predicted octanol–water partition coefficient (Wildman–Crippen LogP) is 3.95. The molecule has 30 heavy (non-hydrogen) atoms. The zero-order chi connectivity index (χ0) is 22.6. The lowest BCUT2D eigenvalue weighted by atomic mass is 9.87. The number of Topliss-reactive ketones (excluding diaryl/α,β-unsaturated/α-hetero) is 1. The molecule has 0 bridgehead atoms. The minimum atomic E-state index is -1.60. The molecular weight excluding hydrogens is 416 g/mol. The number of rotatable bonds is 7. The average Bonchev–Trinajstić information content (AvgIpc) is 2.66. The first-order valence-corrected chi connectivity index (χ1v) is 9.07. The first kappa shape index (κ1) is 22.8. The molecule has 2 rings (SSSR count). The smallest absolute Gasteiger partial charge is 0.335 e. The van der Waals surface area contributed by atoms with Crippen molar-refractivity contribution in [2.45, 2.75) is 26.9 Å². The molecule has 2 aromatic rings. The number of nitrogens with zero attached hydrogens (tertiary/aromatic N) is 1. The summed E-state index contributed by atoms with van der Waals surface area (Å²) in [7, 11) is 0. The summed E-state index contributed by atoms with van der Waals surface area (Å²) in [5.41, 5.74) is -1.28. The fourth-order valence-corrected chi connectivity index (χ4v) is 2.52. The van der Waals surface area contributed by atoms with Gasteiger partial charge < -0.3 is 15.2 Å². The number of anilines is 1. The Morgan fingerprint density at radius 2 is 1.73 bits per heavy atom. The van der Waals surface area contributed by atoms with Crippen molar-refractivity contribution in [2.75, 3.05) is 5.32 Å². The van der Waals surface area contributed by atoms with Crippen LogP contribution in [0, 0.1) is 15.5 Å². The van der Waals surface area contributed by atoms with E-state index in [4.69, 9.17) is 21.4 Å². The molecule has 1 unspecified atom stereocenters. The molecule has 9 nitrogen and oxygen atoms in total. The Bertz CT molecular complexity index is 997. The molecule has 0 aliphatic carbocycles. The highest BCUT2D eigenvalue weighted by Crippen LogP contribution is 2.28. The molecule has 1 amide bonds. The lowest BCUT2D eigenvalue weighted by Gasteiger charge is -2.25. The molecule has 0 spiro atoms. The largest absolute Gasteiger partial charge is 0.478 e. The molecule has 0 radical (unpaired) electrons. The standard InChI is InChI=1S/C20H19ClN2O7/c1-20(2,3)17(24)16(30-13-7-4-11(5-8-13)19(26)27)18(25)22-15-10-12(23(28)29)6-9-14(15)21/h4-10,16H,1-3H3,(H,22,25)(H,26,27). The Hall–Kier alpha value is -3.46. The zero-order valence-corrected chi connectivity index (χ0v) is 17.1. The molecule has 0 aliphatic heterocycles. The summed E-state index contributed by atoms with van der Waals surface area (Å²) >= 11 is 6.01. The number of carbonyl (C=O) groups excluding carboxylic acids is 2. The van der Waals surface area contributed by atoms with E-state index in [9.17, 15) is 24.5 Å². The van der Waals surface area contributed by atoms with Crippen LogP contribution in [0.2, 0.25) is 5.02 Å². The topological polar surface area (TPSA) is 136 Å². The van der Waals surface area contributed by atoms with E-state index >= 15 is 0 Å². The van der Waals surface area contributed by atoms with E-state index in [1.54, 1.807) is 20.8 Å². The normalized spacial score (nSPS) is 12.0. The van der Waals surface area contributed by atoms with E-state index in [0.29, 0.717) is 0 Å². The number of nitrogens with one attached hydrogen (secondary N) is 1. The van der Waals surface area contributed by atoms with Crippen LogP contribution in [-0.2, 0) is 9.59 Å². The maximum atomic E-state index is 12.8. The molecule has 1 atom stereocenters. The summed E-state index contributed by atoms with van der Waals surface area (Å²) in [6.45, 7) is 4.81. The second kappa shape index (κ2) is 8.91. The molecule has 158 valence electrons. The molecule has 10 heteroatoms. The summed E-state index contributed by atoms with van der Waals surface area (Å²) < 4.78 is 5.56. The van der Waals surface area contributed by atoms with Crippen LogP contribution in [-0.4, -0.2) is 33.8 Å². The Morgan fingerprint density at radius 3 is 2.23 bits per heavy atom. The Morgan fingerprint density at radius 1 is 1.13 bits per heavy atom. The molecule has 0 saturated carbocycles. The van der Waals surface area contributed by atoms with Crippen molar-refractivity contribution < 1.29 is 29.2 Å². The monoisotopic (exact) mass is 434 g/mol. The van der Waals surface area contributed by atoms with Gasteiger partial charge in [-0.25, -0.2) is 4.79 Å². The van der Waals surface area contributed by atoms with E-state index in [0.717, 1.165) is 6.07 Å². The number of carboxylic acid groups (broad SMARTS) is 1. The Balaban J connectivity index is 2.34. The number of nitro groups is 1. The predicted molar refractivity (Wildman–Crippen MR) is 109 cm³/mol. The number of ketones is 1. The van der Waals surface area contributed by atoms with E-state index < -0.39 is 34.1 Å². The van der Waals surface area contributed by atoms with Gasteiger partial charge in [0, 0.05) is 17.5 Å². The molecule has 2 N–H and O–H groups in total. The van der Waals surface area contributed by atoms with Crippen molar-refractivity contribution in [3.63, 3.8) is 0 Å². The van der Waals surface area contributed by atoms with Gasteiger partial charge in [-0.05, 0) is 30.3 Å². The van der Waals surface area contributed by atoms with Crippen molar-refractivity contribution in [1.29, 1.82) is 0 Å². The number of carbonyl (C=O) groups is 3. The number of nitro benzene ring substituents is 1. The Labute approximate surface area is 176 Å². The fraction of sp³-hybridized carbons (Fsp3) is 0.250. The van der Waals surface area contributed by atoms with Crippen LogP contribution < -0.4 is 10.1 Å². The van der Waals surface area contributed by atoms with Gasteiger partial charge in [-0.2, -0.15) is 0 Å². The molecule has 0 aromatic heterocycles. The molecule has 2 aromatic carbocycles. The van der Waals surface area contributed by atoms with Crippen LogP contribution in [0.15, 0.2) is 42.5 Å². The number of amides is 1. The van der Waals surface area contributed by atoms with Crippen LogP contribution in [0.1, 0.15) is 31.1 Å². The van der Waals surface area contributed by atoms with Crippen molar-refractivity contribution in [3.8, 4) is 5.75 Å². The summed E-state index contributed by atoms with van der Waals surface area (Å²) in [4.78, 5) is 46.9. The highest BCUT2D eigenvalue weighted by Gasteiger charge is 2.37. The quantitative estimate of drug-likeness (QED) is 0.382. The minimum Gasteiger partial charge on any atom is -0.478 e. The molecular formula is C20H19ClN2O7. The maximum absolute atomic E-state index is 12.8. The number of hydrogen-bond donors (Lipinski definition) is 2. The lowest BCUT2D eigenvalue weighted by Crippen LogP contribution is -2.45. The van der Waals surface area contributed by atoms with Gasteiger partial charge in [-0.3, -0.25) is 19.7 Å². The second-order valence-corrected chi connectivity index (χ2v) is 7.76. The van der Waals surface area contributed by atoms with Gasteiger partial charge in [-0.1, -0.05) is 32.4 Å². The highest BCUT2D eigenvalue weighted by atomic mass is 35.5. The zero-order valence-electron chi connectivity index (χ0n) is 16.3. The highest BCUT2D eigenvalue weighted by molar-refractivity contribution is 6.34. The van der Waals surface area contributed by atoms with Crippen LogP contribution in [0.5, 0.6) is 5.75 Å². The number of halogens is 1. The maximum Gasteiger partial charge on any atom is 0.335 e. The third kappa shape index (κ3) is 5.54. The first-order valence-electron chi connectivity index (χ1n) is 8.69. The molecule has 0 heterocycles. The van der Waals surface area contributed by atoms with Gasteiger partial charge in [0.25, 0.3) is 11.6 Å². The van der Waals surface area contributed by atoms with Crippen LogP contribution in [0.4, 0.5) is 11.4 Å². The van der Waals surface area contributed by atoms with Gasteiger partial charge in [-0.15, -0.1) is 0 Å². The summed E-state index contributed by atoms with van der Waals surface area (Å²) in [6, 6.07) is 8.68. The lowest BCUT2D eigenvalue weighted by molar-refractivity contribution is -0.384. The van der Waals surface area contributed by atoms with Crippen molar-refractivity contribution in [2.24, 2.45) is 5.41 Å². The minimum absolute atomic E-state index is 0.00822. The van der Waals surface area contributed by atoms with Crippen LogP contribution in [0.25, 0.3) is 0 Å². The van der Waals surface area contributed by atoms with Crippen molar-refractivity contribution in [3.05, 3.63) is 63.2 Å². The second-order valence-electron chi connectivity index (χ2n) is 7.35. The van der Waals surface area contributed by atoms with E-state index in [2.05, 4.69) is 5.32 Å². The third-order valence-corrected chi connectivity index (χ3v) is 4.32. The molecule has 0 saturated heterocycles. The van der Waals surface area contributed by atoms with Gasteiger partial charge in [0.1, 0.15) is 5.75 Å². The van der Waals surface area contributed by atoms with Crippen LogP contribution in [0.3, 0.4) is 0 Å². The third-order valence-electron chi connectivity index (χ3n) is 3.99. The fourth-order valence-electron chi connectivity index (χ4n) is 2.35. The Kier molecular flexibility index (Phi) is 6.78. The van der Waals surface area contributed by atoms with Crippen molar-refractivity contribution >= 4 is 40.6 Å². The van der Waals surface area contributed by atoms with E-state index in [1.165, 1.54) is 36.4 Å². The summed E-state index contributed by atoms with van der Waals surface area (Å²) in [5, 5.41) is 22.4. The van der Waals surface area contributed by atoms with Gasteiger partial charge >= 0.3 is 5.97 Å². The SMILES string of the molecule is CC(C)(C)C(=O)C(Oc1ccc(C(=O)O)cc1)C(=O)Nc1cc([N+](=O)[O-])ccc1Cl. The van der Waals surface area contributed by atoms with Crippen molar-refractivity contribution in [1.82, 2.24) is 0 Å². The number of carboxylic acids is 1. The summed E-state index contributed by atoms with van der Waals surface area (Å²) in [6.07, 6.45) is -1.60. The number of non-ortho nitro benzene ring substituents is 1. The van der Waals surface area contributed by atoms with E-state index in [-0.39, 0.29) is 27.7 Å². The molecule has 0 fully saturated rings. The van der Waals surface area contributed by atoms with E-state index in [1.807, 2.05) is 0 Å². The number of benzene rings is 2. The average molecular weight is 435 g/mol. The first-order chi connectivity index (χ1) is 13.9. The number of ether oxygens (including phenoxy) is 1. The molecule has 0 aliphatic rings. The van der Waals surface area contributed by atoms with Gasteiger partial charge in [0.05, 0.1) is 21.2 Å². The number of aromatic carboxylic acids is 1. The van der Waals surface area contributed by atoms with Crippen LogP contribution >= 0.6 is 11.6 Å².